The molecule has 1 fully saturated rings. The number of fused-ring (bicyclic) bond motifs is 1. The number of carbonyl (C=O) groups is 1. The molecule has 28 heavy (non-hydrogen) atoms. The van der Waals surface area contributed by atoms with Crippen LogP contribution in [0.3, 0.4) is 0 Å². The van der Waals surface area contributed by atoms with Gasteiger partial charge in [-0.2, -0.15) is 0 Å². The smallest absolute Gasteiger partial charge is 0.164 e. The predicted octanol–water partition coefficient (Wildman–Crippen LogP) is 4.63. The van der Waals surface area contributed by atoms with Gasteiger partial charge in [0, 0.05) is 30.0 Å². The summed E-state index contributed by atoms with van der Waals surface area (Å²) >= 11 is 0. The molecule has 1 spiro atoms. The molecule has 0 aliphatic heterocycles. The number of benzene rings is 2. The molecule has 3 nitrogen and oxygen atoms in total. The summed E-state index contributed by atoms with van der Waals surface area (Å²) in [4.78, 5) is 12.4. The first-order chi connectivity index (χ1) is 13.6. The Morgan fingerprint density at radius 2 is 1.82 bits per heavy atom. The minimum absolute atomic E-state index is 0.0265. The van der Waals surface area contributed by atoms with Crippen molar-refractivity contribution in [1.29, 1.82) is 0 Å². The highest BCUT2D eigenvalue weighted by molar-refractivity contribution is 5.96. The number of aliphatic hydroxyl groups is 1. The van der Waals surface area contributed by atoms with E-state index in [-0.39, 0.29) is 17.3 Å². The van der Waals surface area contributed by atoms with Gasteiger partial charge in [0.05, 0.1) is 6.10 Å². The molecular weight excluding hydrogens is 346 g/mol. The van der Waals surface area contributed by atoms with Gasteiger partial charge in [-0.15, -0.1) is 0 Å². The molecule has 2 aromatic carbocycles. The van der Waals surface area contributed by atoms with E-state index in [2.05, 4.69) is 30.4 Å². The zero-order valence-corrected chi connectivity index (χ0v) is 16.8. The summed E-state index contributed by atoms with van der Waals surface area (Å²) in [7, 11) is 0. The average molecular weight is 378 g/mol. The van der Waals surface area contributed by atoms with Gasteiger partial charge in [-0.3, -0.25) is 4.79 Å². The predicted molar refractivity (Wildman–Crippen MR) is 113 cm³/mol. The number of aliphatic hydroxyl groups excluding tert-OH is 1. The number of hydrogen-bond acceptors (Lipinski definition) is 3. The summed E-state index contributed by atoms with van der Waals surface area (Å²) in [5.74, 6) is 0.212. The summed E-state index contributed by atoms with van der Waals surface area (Å²) < 4.78 is 0. The summed E-state index contributed by atoms with van der Waals surface area (Å²) in [5, 5.41) is 14.5. The van der Waals surface area contributed by atoms with Crippen LogP contribution in [0, 0.1) is 5.41 Å². The zero-order valence-electron chi connectivity index (χ0n) is 16.8. The van der Waals surface area contributed by atoms with E-state index in [0.717, 1.165) is 56.2 Å². The Hall–Kier alpha value is -1.97. The van der Waals surface area contributed by atoms with E-state index in [0.29, 0.717) is 12.5 Å². The average Bonchev–Trinajstić information content (AvgIpc) is 3.01. The first kappa shape index (κ1) is 19.4. The number of hydrogen-bond donors (Lipinski definition) is 2. The van der Waals surface area contributed by atoms with Crippen molar-refractivity contribution in [2.24, 2.45) is 5.41 Å². The van der Waals surface area contributed by atoms with E-state index in [1.54, 1.807) is 0 Å². The standard InChI is InChI=1S/C25H31NO2/c1-2-18-7-9-19(10-8-18)23(27)13-16-26-21-11-14-25(15-12-21)17-20-5-3-4-6-22(20)24(25)28/h3-10,21,24,26,28H,2,11-17H2,1H3. The van der Waals surface area contributed by atoms with Gasteiger partial charge in [0.1, 0.15) is 0 Å². The first-order valence-electron chi connectivity index (χ1n) is 10.7. The molecule has 2 aromatic rings. The van der Waals surface area contributed by atoms with E-state index < -0.39 is 0 Å². The fraction of sp³-hybridized carbons (Fsp3) is 0.480. The van der Waals surface area contributed by atoms with Crippen LogP contribution in [-0.4, -0.2) is 23.5 Å². The van der Waals surface area contributed by atoms with Gasteiger partial charge in [-0.25, -0.2) is 0 Å². The van der Waals surface area contributed by atoms with Crippen LogP contribution < -0.4 is 5.32 Å². The number of carbonyl (C=O) groups excluding carboxylic acids is 1. The van der Waals surface area contributed by atoms with Crippen LogP contribution in [0.25, 0.3) is 0 Å². The number of Topliss-reactive ketones (excluding diaryl/α,β-unsaturated/α-hetero) is 1. The van der Waals surface area contributed by atoms with E-state index in [4.69, 9.17) is 0 Å². The summed E-state index contributed by atoms with van der Waals surface area (Å²) in [6.07, 6.45) is 6.47. The van der Waals surface area contributed by atoms with Crippen molar-refractivity contribution in [3.63, 3.8) is 0 Å². The second-order valence-corrected chi connectivity index (χ2v) is 8.59. The molecule has 0 radical (unpaired) electrons. The molecule has 0 heterocycles. The lowest BCUT2D eigenvalue weighted by Gasteiger charge is -2.40. The van der Waals surface area contributed by atoms with Gasteiger partial charge in [0.15, 0.2) is 5.78 Å². The normalized spacial score (nSPS) is 26.4. The molecule has 2 N–H and O–H groups in total. The van der Waals surface area contributed by atoms with Crippen LogP contribution in [-0.2, 0) is 12.8 Å². The minimum Gasteiger partial charge on any atom is -0.388 e. The van der Waals surface area contributed by atoms with E-state index in [1.807, 2.05) is 30.3 Å². The largest absolute Gasteiger partial charge is 0.388 e. The van der Waals surface area contributed by atoms with Crippen molar-refractivity contribution in [1.82, 2.24) is 5.32 Å². The highest BCUT2D eigenvalue weighted by atomic mass is 16.3. The molecule has 3 heteroatoms. The van der Waals surface area contributed by atoms with Crippen molar-refractivity contribution < 1.29 is 9.90 Å². The van der Waals surface area contributed by atoms with Crippen LogP contribution in [0.15, 0.2) is 48.5 Å². The maximum atomic E-state index is 12.4. The number of ketones is 1. The summed E-state index contributed by atoms with van der Waals surface area (Å²) in [6.45, 7) is 2.85. The van der Waals surface area contributed by atoms with Gasteiger partial charge < -0.3 is 10.4 Å². The lowest BCUT2D eigenvalue weighted by molar-refractivity contribution is 0.00348. The molecule has 2 aliphatic rings. The van der Waals surface area contributed by atoms with Crippen molar-refractivity contribution in [2.75, 3.05) is 6.54 Å². The second kappa shape index (κ2) is 8.18. The Kier molecular flexibility index (Phi) is 5.65. The quantitative estimate of drug-likeness (QED) is 0.722. The molecular formula is C25H31NO2. The number of aryl methyl sites for hydroxylation is 1. The van der Waals surface area contributed by atoms with Gasteiger partial charge >= 0.3 is 0 Å². The maximum absolute atomic E-state index is 12.4. The third-order valence-corrected chi connectivity index (χ3v) is 6.92. The van der Waals surface area contributed by atoms with Crippen LogP contribution in [0.2, 0.25) is 0 Å². The summed E-state index contributed by atoms with van der Waals surface area (Å²) in [5.41, 5.74) is 4.56. The monoisotopic (exact) mass is 377 g/mol. The maximum Gasteiger partial charge on any atom is 0.164 e. The SMILES string of the molecule is CCc1ccc(C(=O)CCNC2CCC3(CC2)Cc2ccccc2C3O)cc1. The van der Waals surface area contributed by atoms with Gasteiger partial charge in [-0.1, -0.05) is 55.5 Å². The molecule has 0 aromatic heterocycles. The molecule has 1 atom stereocenters. The van der Waals surface area contributed by atoms with Gasteiger partial charge in [0.2, 0.25) is 0 Å². The topological polar surface area (TPSA) is 49.3 Å². The molecule has 4 rings (SSSR count). The Labute approximate surface area is 168 Å². The molecule has 2 aliphatic carbocycles. The Morgan fingerprint density at radius 1 is 1.11 bits per heavy atom. The molecule has 148 valence electrons. The Balaban J connectivity index is 1.25. The van der Waals surface area contributed by atoms with Crippen LogP contribution in [0.4, 0.5) is 0 Å². The lowest BCUT2D eigenvalue weighted by atomic mass is 9.69. The van der Waals surface area contributed by atoms with Crippen molar-refractivity contribution in [3.05, 3.63) is 70.8 Å². The number of nitrogens with one attached hydrogen (secondary N) is 1. The lowest BCUT2D eigenvalue weighted by Crippen LogP contribution is -2.40. The van der Waals surface area contributed by atoms with Gasteiger partial charge in [-0.05, 0) is 55.2 Å². The fourth-order valence-electron chi connectivity index (χ4n) is 5.08. The van der Waals surface area contributed by atoms with Crippen LogP contribution in [0.1, 0.15) is 72.2 Å². The van der Waals surface area contributed by atoms with E-state index in [1.165, 1.54) is 11.1 Å². The number of rotatable bonds is 6. The van der Waals surface area contributed by atoms with Crippen molar-refractivity contribution >= 4 is 5.78 Å². The third kappa shape index (κ3) is 3.78. The van der Waals surface area contributed by atoms with Crippen molar-refractivity contribution in [3.8, 4) is 0 Å². The minimum atomic E-state index is -0.322. The second-order valence-electron chi connectivity index (χ2n) is 8.59. The third-order valence-electron chi connectivity index (χ3n) is 6.92. The highest BCUT2D eigenvalue weighted by Crippen LogP contribution is 2.53. The van der Waals surface area contributed by atoms with E-state index >= 15 is 0 Å². The highest BCUT2D eigenvalue weighted by Gasteiger charge is 2.46. The Morgan fingerprint density at radius 3 is 2.50 bits per heavy atom. The molecule has 1 unspecified atom stereocenters. The van der Waals surface area contributed by atoms with Crippen LogP contribution in [0.5, 0.6) is 0 Å². The molecule has 0 bridgehead atoms. The zero-order chi connectivity index (χ0) is 19.6. The Bertz CT molecular complexity index is 819. The van der Waals surface area contributed by atoms with E-state index in [9.17, 15) is 9.90 Å². The summed E-state index contributed by atoms with van der Waals surface area (Å²) in [6, 6.07) is 16.8. The molecule has 0 amide bonds. The fourth-order valence-corrected chi connectivity index (χ4v) is 5.08. The molecule has 1 saturated carbocycles. The first-order valence-corrected chi connectivity index (χ1v) is 10.7. The molecule has 0 saturated heterocycles. The van der Waals surface area contributed by atoms with Gasteiger partial charge in [0.25, 0.3) is 0 Å². The van der Waals surface area contributed by atoms with Crippen LogP contribution >= 0.6 is 0 Å². The van der Waals surface area contributed by atoms with Crippen molar-refractivity contribution in [2.45, 2.75) is 64.0 Å².